The van der Waals surface area contributed by atoms with Crippen molar-refractivity contribution in [3.05, 3.63) is 30.7 Å². The predicted octanol–water partition coefficient (Wildman–Crippen LogP) is 2.34. The van der Waals surface area contributed by atoms with Gasteiger partial charge in [-0.15, -0.1) is 0 Å². The summed E-state index contributed by atoms with van der Waals surface area (Å²) in [5, 5.41) is 8.86. The van der Waals surface area contributed by atoms with Crippen molar-refractivity contribution in [2.75, 3.05) is 16.8 Å². The van der Waals surface area contributed by atoms with Gasteiger partial charge in [0.05, 0.1) is 11.6 Å². The summed E-state index contributed by atoms with van der Waals surface area (Å²) in [7, 11) is 1.90. The highest BCUT2D eigenvalue weighted by Gasteiger charge is 2.19. The van der Waals surface area contributed by atoms with Crippen LogP contribution in [0.3, 0.4) is 0 Å². The second-order valence-electron chi connectivity index (χ2n) is 5.34. The molecule has 3 aromatic heterocycles. The predicted molar refractivity (Wildman–Crippen MR) is 88.9 cm³/mol. The Labute approximate surface area is 132 Å². The summed E-state index contributed by atoms with van der Waals surface area (Å²) in [5.41, 5.74) is 1.80. The van der Waals surface area contributed by atoms with Gasteiger partial charge in [-0.25, -0.2) is 9.97 Å². The zero-order chi connectivity index (χ0) is 14.9. The molecule has 1 N–H and O–H groups in total. The summed E-state index contributed by atoms with van der Waals surface area (Å²) in [4.78, 5) is 13.4. The lowest BCUT2D eigenvalue weighted by Gasteiger charge is -2.13. The second-order valence-corrected chi connectivity index (χ2v) is 6.49. The van der Waals surface area contributed by atoms with Crippen molar-refractivity contribution < 1.29 is 0 Å². The third-order valence-corrected chi connectivity index (χ3v) is 4.96. The molecule has 4 heterocycles. The minimum absolute atomic E-state index is 0.466. The van der Waals surface area contributed by atoms with Gasteiger partial charge in [0, 0.05) is 36.8 Å². The van der Waals surface area contributed by atoms with E-state index < -0.39 is 0 Å². The lowest BCUT2D eigenvalue weighted by Crippen LogP contribution is -2.19. The average molecular weight is 312 g/mol. The van der Waals surface area contributed by atoms with E-state index in [0.717, 1.165) is 28.2 Å². The molecule has 0 spiro atoms. The van der Waals surface area contributed by atoms with Gasteiger partial charge in [-0.05, 0) is 24.3 Å². The molecular weight excluding hydrogens is 296 g/mol. The minimum Gasteiger partial charge on any atom is -0.366 e. The molecule has 4 rings (SSSR count). The van der Waals surface area contributed by atoms with Crippen LogP contribution in [0.5, 0.6) is 0 Å². The summed E-state index contributed by atoms with van der Waals surface area (Å²) in [6.07, 6.45) is 6.51. The molecule has 0 aromatic carbocycles. The van der Waals surface area contributed by atoms with Gasteiger partial charge in [0.2, 0.25) is 0 Å². The Kier molecular flexibility index (Phi) is 3.42. The second kappa shape index (κ2) is 5.57. The molecule has 1 fully saturated rings. The standard InChI is InChI=1S/C15H16N6S/c1-21-15-12(8-17-21)14(18-11-4-7-22-9-11)19-13(20-15)10-2-5-16-6-3-10/h2-3,5-6,8,11H,4,7,9H2,1H3,(H,18,19,20)/t11-/m1/s1. The molecule has 1 aliphatic rings. The third kappa shape index (κ3) is 2.41. The average Bonchev–Trinajstić information content (AvgIpc) is 3.19. The van der Waals surface area contributed by atoms with Crippen molar-refractivity contribution in [2.45, 2.75) is 12.5 Å². The molecular formula is C15H16N6S. The van der Waals surface area contributed by atoms with Gasteiger partial charge in [0.15, 0.2) is 11.5 Å². The van der Waals surface area contributed by atoms with E-state index in [1.54, 1.807) is 17.1 Å². The van der Waals surface area contributed by atoms with Crippen molar-refractivity contribution in [1.29, 1.82) is 0 Å². The molecule has 7 heteroatoms. The van der Waals surface area contributed by atoms with Crippen LogP contribution in [0.1, 0.15) is 6.42 Å². The van der Waals surface area contributed by atoms with E-state index in [-0.39, 0.29) is 0 Å². The summed E-state index contributed by atoms with van der Waals surface area (Å²) >= 11 is 1.98. The van der Waals surface area contributed by atoms with E-state index >= 15 is 0 Å². The van der Waals surface area contributed by atoms with Crippen LogP contribution in [-0.2, 0) is 7.05 Å². The smallest absolute Gasteiger partial charge is 0.164 e. The number of aromatic nitrogens is 5. The molecule has 0 aliphatic carbocycles. The van der Waals surface area contributed by atoms with Crippen molar-refractivity contribution in [2.24, 2.45) is 7.05 Å². The maximum atomic E-state index is 4.74. The Morgan fingerprint density at radius 3 is 2.91 bits per heavy atom. The molecule has 0 bridgehead atoms. The lowest BCUT2D eigenvalue weighted by molar-refractivity contribution is 0.785. The van der Waals surface area contributed by atoms with Crippen molar-refractivity contribution >= 4 is 28.6 Å². The van der Waals surface area contributed by atoms with Crippen LogP contribution in [-0.4, -0.2) is 42.3 Å². The molecule has 1 saturated heterocycles. The molecule has 1 atom stereocenters. The zero-order valence-electron chi connectivity index (χ0n) is 12.2. The fourth-order valence-electron chi connectivity index (χ4n) is 2.60. The molecule has 1 aliphatic heterocycles. The Balaban J connectivity index is 1.82. The fourth-order valence-corrected chi connectivity index (χ4v) is 3.76. The quantitative estimate of drug-likeness (QED) is 0.800. The monoisotopic (exact) mass is 312 g/mol. The van der Waals surface area contributed by atoms with E-state index in [0.29, 0.717) is 11.9 Å². The first kappa shape index (κ1) is 13.5. The molecule has 0 saturated carbocycles. The number of hydrogen-bond donors (Lipinski definition) is 1. The molecule has 0 unspecified atom stereocenters. The molecule has 0 radical (unpaired) electrons. The lowest BCUT2D eigenvalue weighted by atomic mass is 10.2. The maximum absolute atomic E-state index is 4.74. The minimum atomic E-state index is 0.466. The van der Waals surface area contributed by atoms with Gasteiger partial charge in [-0.1, -0.05) is 0 Å². The van der Waals surface area contributed by atoms with E-state index in [4.69, 9.17) is 4.98 Å². The maximum Gasteiger partial charge on any atom is 0.164 e. The van der Waals surface area contributed by atoms with Crippen LogP contribution < -0.4 is 5.32 Å². The van der Waals surface area contributed by atoms with Crippen LogP contribution in [0, 0.1) is 0 Å². The van der Waals surface area contributed by atoms with Crippen molar-refractivity contribution in [3.63, 3.8) is 0 Å². The Bertz CT molecular complexity index is 794. The number of hydrogen-bond acceptors (Lipinski definition) is 6. The van der Waals surface area contributed by atoms with Gasteiger partial charge in [0.1, 0.15) is 5.82 Å². The normalized spacial score (nSPS) is 18.0. The van der Waals surface area contributed by atoms with Crippen molar-refractivity contribution in [3.8, 4) is 11.4 Å². The van der Waals surface area contributed by atoms with Gasteiger partial charge < -0.3 is 5.32 Å². The highest BCUT2D eigenvalue weighted by molar-refractivity contribution is 7.99. The highest BCUT2D eigenvalue weighted by atomic mass is 32.2. The number of pyridine rings is 1. The van der Waals surface area contributed by atoms with Crippen LogP contribution in [0.25, 0.3) is 22.4 Å². The highest BCUT2D eigenvalue weighted by Crippen LogP contribution is 2.27. The van der Waals surface area contributed by atoms with Gasteiger partial charge >= 0.3 is 0 Å². The summed E-state index contributed by atoms with van der Waals surface area (Å²) < 4.78 is 1.79. The Morgan fingerprint density at radius 2 is 2.14 bits per heavy atom. The first-order valence-electron chi connectivity index (χ1n) is 7.26. The summed E-state index contributed by atoms with van der Waals surface area (Å²) in [6.45, 7) is 0. The van der Waals surface area contributed by atoms with Crippen LogP contribution in [0.2, 0.25) is 0 Å². The van der Waals surface area contributed by atoms with Crippen LogP contribution in [0.4, 0.5) is 5.82 Å². The first-order valence-corrected chi connectivity index (χ1v) is 8.41. The van der Waals surface area contributed by atoms with E-state index in [9.17, 15) is 0 Å². The number of aryl methyl sites for hydroxylation is 1. The third-order valence-electron chi connectivity index (χ3n) is 3.80. The molecule has 3 aromatic rings. The largest absolute Gasteiger partial charge is 0.366 e. The Hall–Kier alpha value is -2.15. The SMILES string of the molecule is Cn1ncc2c(N[C@@H]3CCSC3)nc(-c3ccncc3)nc21. The number of fused-ring (bicyclic) bond motifs is 1. The zero-order valence-corrected chi connectivity index (χ0v) is 13.0. The van der Waals surface area contributed by atoms with Gasteiger partial charge in [0.25, 0.3) is 0 Å². The number of nitrogens with zero attached hydrogens (tertiary/aromatic N) is 5. The van der Waals surface area contributed by atoms with Crippen molar-refractivity contribution in [1.82, 2.24) is 24.7 Å². The molecule has 0 amide bonds. The molecule has 112 valence electrons. The van der Waals surface area contributed by atoms with E-state index in [1.807, 2.05) is 37.1 Å². The fraction of sp³-hybridized carbons (Fsp3) is 0.333. The number of nitrogens with one attached hydrogen (secondary N) is 1. The molecule has 6 nitrogen and oxygen atoms in total. The number of rotatable bonds is 3. The van der Waals surface area contributed by atoms with E-state index in [2.05, 4.69) is 20.4 Å². The first-order chi connectivity index (χ1) is 10.8. The molecule has 22 heavy (non-hydrogen) atoms. The van der Waals surface area contributed by atoms with Crippen LogP contribution in [0.15, 0.2) is 30.7 Å². The summed E-state index contributed by atoms with van der Waals surface area (Å²) in [6, 6.07) is 4.31. The summed E-state index contributed by atoms with van der Waals surface area (Å²) in [5.74, 6) is 3.90. The van der Waals surface area contributed by atoms with E-state index in [1.165, 1.54) is 12.2 Å². The van der Waals surface area contributed by atoms with Gasteiger partial charge in [-0.3, -0.25) is 9.67 Å². The number of anilines is 1. The van der Waals surface area contributed by atoms with Crippen LogP contribution >= 0.6 is 11.8 Å². The van der Waals surface area contributed by atoms with Gasteiger partial charge in [-0.2, -0.15) is 16.9 Å². The topological polar surface area (TPSA) is 68.5 Å². The number of thioether (sulfide) groups is 1. The Morgan fingerprint density at radius 1 is 1.27 bits per heavy atom.